The minimum absolute atomic E-state index is 0.000604. The van der Waals surface area contributed by atoms with Crippen molar-refractivity contribution >= 4 is 17.3 Å². The van der Waals surface area contributed by atoms with E-state index in [1.165, 1.54) is 6.33 Å². The van der Waals surface area contributed by atoms with Crippen LogP contribution in [0.2, 0.25) is 0 Å². The molecule has 8 nitrogen and oxygen atoms in total. The Bertz CT molecular complexity index is 1120. The highest BCUT2D eigenvalue weighted by Crippen LogP contribution is 2.39. The Balaban J connectivity index is 0.000000401. The summed E-state index contributed by atoms with van der Waals surface area (Å²) in [6, 6.07) is 6.58. The fourth-order valence-electron chi connectivity index (χ4n) is 3.80. The average Bonchev–Trinajstić information content (AvgIpc) is 3.52. The third-order valence-electron chi connectivity index (χ3n) is 5.20. The van der Waals surface area contributed by atoms with Crippen molar-refractivity contribution in [1.82, 2.24) is 24.7 Å². The quantitative estimate of drug-likeness (QED) is 0.626. The van der Waals surface area contributed by atoms with Gasteiger partial charge in [0.1, 0.15) is 12.0 Å². The summed E-state index contributed by atoms with van der Waals surface area (Å²) in [6.07, 6.45) is 4.53. The highest BCUT2D eigenvalue weighted by atomic mass is 19.4. The van der Waals surface area contributed by atoms with Crippen molar-refractivity contribution in [3.05, 3.63) is 31.0 Å². The van der Waals surface area contributed by atoms with Crippen LogP contribution in [0.3, 0.4) is 0 Å². The van der Waals surface area contributed by atoms with Gasteiger partial charge in [0.15, 0.2) is 0 Å². The van der Waals surface area contributed by atoms with Gasteiger partial charge >= 0.3 is 6.18 Å². The second-order valence-corrected chi connectivity index (χ2v) is 7.16. The van der Waals surface area contributed by atoms with Gasteiger partial charge in [-0.3, -0.25) is 9.48 Å². The van der Waals surface area contributed by atoms with E-state index in [-0.39, 0.29) is 12.0 Å². The lowest BCUT2D eigenvalue weighted by Crippen LogP contribution is -2.18. The van der Waals surface area contributed by atoms with Gasteiger partial charge in [-0.1, -0.05) is 0 Å². The maximum Gasteiger partial charge on any atom is 0.446 e. The third-order valence-corrected chi connectivity index (χ3v) is 5.20. The van der Waals surface area contributed by atoms with E-state index in [4.69, 9.17) is 10.1 Å². The predicted octanol–water partition coefficient (Wildman–Crippen LogP) is 3.96. The number of H-pyrrole nitrogens is 1. The van der Waals surface area contributed by atoms with E-state index in [0.717, 1.165) is 41.6 Å². The smallest absolute Gasteiger partial charge is 0.346 e. The number of carbonyl (C=O) groups excluding carboxylic acids is 1. The molecule has 0 bridgehead atoms. The first-order valence-electron chi connectivity index (χ1n) is 9.48. The first-order chi connectivity index (χ1) is 14.9. The van der Waals surface area contributed by atoms with E-state index in [1.54, 1.807) is 6.20 Å². The lowest BCUT2D eigenvalue weighted by Gasteiger charge is -2.21. The molecular formula is C20H18F3N7O. The van der Waals surface area contributed by atoms with E-state index < -0.39 is 12.5 Å². The van der Waals surface area contributed by atoms with Crippen molar-refractivity contribution in [2.75, 3.05) is 0 Å². The molecule has 1 fully saturated rings. The monoisotopic (exact) mass is 429 g/mol. The summed E-state index contributed by atoms with van der Waals surface area (Å²) < 4.78 is 33.1. The second-order valence-electron chi connectivity index (χ2n) is 7.16. The molecule has 0 aromatic carbocycles. The molecule has 3 atom stereocenters. The largest absolute Gasteiger partial charge is 0.446 e. The number of nitriles is 2. The molecule has 3 unspecified atom stereocenters. The number of aldehydes is 1. The molecule has 0 saturated heterocycles. The summed E-state index contributed by atoms with van der Waals surface area (Å²) in [6.45, 7) is 0. The molecule has 3 heterocycles. The van der Waals surface area contributed by atoms with Crippen LogP contribution in [0.4, 0.5) is 13.2 Å². The molecule has 160 valence electrons. The van der Waals surface area contributed by atoms with Crippen LogP contribution in [-0.4, -0.2) is 37.2 Å². The van der Waals surface area contributed by atoms with Crippen molar-refractivity contribution in [2.24, 2.45) is 11.8 Å². The van der Waals surface area contributed by atoms with Gasteiger partial charge in [0.2, 0.25) is 6.29 Å². The van der Waals surface area contributed by atoms with Crippen molar-refractivity contribution in [1.29, 1.82) is 10.5 Å². The lowest BCUT2D eigenvalue weighted by molar-refractivity contribution is -0.156. The van der Waals surface area contributed by atoms with Crippen LogP contribution in [-0.2, 0) is 4.79 Å². The molecule has 11 heteroatoms. The van der Waals surface area contributed by atoms with Crippen molar-refractivity contribution in [3.63, 3.8) is 0 Å². The number of nitrogens with one attached hydrogen (secondary N) is 1. The van der Waals surface area contributed by atoms with Crippen LogP contribution < -0.4 is 0 Å². The van der Waals surface area contributed by atoms with E-state index >= 15 is 0 Å². The Morgan fingerprint density at radius 1 is 1.32 bits per heavy atom. The standard InChI is InChI=1S/C18H17N7.C2HF3O/c19-5-3-16(13-2-1-12(7-13)8-20)25-10-14(9-24-25)17-15-4-6-21-18(15)23-11-22-17;3-2(4,5)1-6/h4,6,9-13,16H,1-3,7H2,(H,21,22,23);1H. The topological polar surface area (TPSA) is 124 Å². The van der Waals surface area contributed by atoms with Gasteiger partial charge in [0.25, 0.3) is 0 Å². The summed E-state index contributed by atoms with van der Waals surface area (Å²) in [7, 11) is 0. The number of rotatable bonds is 4. The molecule has 1 aliphatic carbocycles. The normalized spacial score (nSPS) is 19.1. The molecule has 0 aliphatic heterocycles. The van der Waals surface area contributed by atoms with E-state index in [1.807, 2.05) is 23.1 Å². The number of hydrogen-bond donors (Lipinski definition) is 1. The summed E-state index contributed by atoms with van der Waals surface area (Å²) >= 11 is 0. The summed E-state index contributed by atoms with van der Waals surface area (Å²) in [4.78, 5) is 20.4. The molecule has 3 aromatic rings. The molecule has 0 amide bonds. The predicted molar refractivity (Wildman–Crippen MR) is 103 cm³/mol. The number of aromatic nitrogens is 5. The van der Waals surface area contributed by atoms with Crippen LogP contribution in [0, 0.1) is 34.5 Å². The molecule has 1 saturated carbocycles. The number of alkyl halides is 3. The van der Waals surface area contributed by atoms with E-state index in [0.29, 0.717) is 12.3 Å². The molecule has 0 radical (unpaired) electrons. The highest BCUT2D eigenvalue weighted by molar-refractivity contribution is 5.89. The number of carbonyl (C=O) groups is 1. The Morgan fingerprint density at radius 2 is 2.10 bits per heavy atom. The van der Waals surface area contributed by atoms with Crippen LogP contribution in [0.5, 0.6) is 0 Å². The highest BCUT2D eigenvalue weighted by Gasteiger charge is 2.32. The molecule has 1 N–H and O–H groups in total. The average molecular weight is 429 g/mol. The van der Waals surface area contributed by atoms with Gasteiger partial charge in [-0.25, -0.2) is 9.97 Å². The summed E-state index contributed by atoms with van der Waals surface area (Å²) in [5.74, 6) is 0.414. The fourth-order valence-corrected chi connectivity index (χ4v) is 3.80. The van der Waals surface area contributed by atoms with E-state index in [9.17, 15) is 18.4 Å². The number of hydrogen-bond acceptors (Lipinski definition) is 6. The first-order valence-corrected chi connectivity index (χ1v) is 9.48. The van der Waals surface area contributed by atoms with Crippen LogP contribution in [0.25, 0.3) is 22.3 Å². The molecule has 4 rings (SSSR count). The minimum atomic E-state index is -4.64. The molecular weight excluding hydrogens is 411 g/mol. The minimum Gasteiger partial charge on any atom is -0.346 e. The molecule has 0 spiro atoms. The molecule has 1 aliphatic rings. The Hall–Kier alpha value is -3.73. The Labute approximate surface area is 175 Å². The first kappa shape index (κ1) is 22.0. The number of fused-ring (bicyclic) bond motifs is 1. The number of halogens is 3. The number of nitrogens with zero attached hydrogens (tertiary/aromatic N) is 6. The maximum atomic E-state index is 10.4. The Morgan fingerprint density at radius 3 is 2.74 bits per heavy atom. The lowest BCUT2D eigenvalue weighted by atomic mass is 9.95. The fraction of sp³-hybridized carbons (Fsp3) is 0.400. The van der Waals surface area contributed by atoms with Gasteiger partial charge in [0.05, 0.1) is 36.5 Å². The third kappa shape index (κ3) is 5.25. The summed E-state index contributed by atoms with van der Waals surface area (Å²) in [5, 5.41) is 23.8. The number of aromatic amines is 1. The van der Waals surface area contributed by atoms with Crippen molar-refractivity contribution < 1.29 is 18.0 Å². The Kier molecular flexibility index (Phi) is 6.65. The maximum absolute atomic E-state index is 10.4. The van der Waals surface area contributed by atoms with Crippen LogP contribution in [0.15, 0.2) is 31.0 Å². The van der Waals surface area contributed by atoms with Crippen molar-refractivity contribution in [3.8, 4) is 23.4 Å². The summed E-state index contributed by atoms with van der Waals surface area (Å²) in [5.41, 5.74) is 2.53. The van der Waals surface area contributed by atoms with Gasteiger partial charge < -0.3 is 4.98 Å². The van der Waals surface area contributed by atoms with Crippen molar-refractivity contribution in [2.45, 2.75) is 37.9 Å². The van der Waals surface area contributed by atoms with Crippen LogP contribution in [0.1, 0.15) is 31.7 Å². The molecule has 3 aromatic heterocycles. The van der Waals surface area contributed by atoms with E-state index in [2.05, 4.69) is 32.2 Å². The SMILES string of the molecule is N#CCC(C1CCC(C#N)C1)n1cc(-c2ncnc3[nH]ccc23)cn1.O=CC(F)(F)F. The van der Waals surface area contributed by atoms with Gasteiger partial charge in [0, 0.05) is 29.3 Å². The second kappa shape index (κ2) is 9.39. The zero-order chi connectivity index (χ0) is 22.4. The van der Waals surface area contributed by atoms with Gasteiger partial charge in [-0.05, 0) is 31.2 Å². The zero-order valence-electron chi connectivity index (χ0n) is 16.3. The van der Waals surface area contributed by atoms with Gasteiger partial charge in [-0.15, -0.1) is 0 Å². The van der Waals surface area contributed by atoms with Gasteiger partial charge in [-0.2, -0.15) is 28.8 Å². The molecule has 31 heavy (non-hydrogen) atoms. The zero-order valence-corrected chi connectivity index (χ0v) is 16.3. The van der Waals surface area contributed by atoms with Crippen LogP contribution >= 0.6 is 0 Å².